The Labute approximate surface area is 147 Å². The molecule has 1 aromatic heterocycles. The van der Waals surface area contributed by atoms with E-state index in [1.54, 1.807) is 12.5 Å². The van der Waals surface area contributed by atoms with E-state index in [0.717, 1.165) is 23.4 Å². The molecule has 0 saturated heterocycles. The number of fused-ring (bicyclic) bond motifs is 1. The standard InChI is InChI=1S/C20H21N5/c21-20(24-18-9-8-15-5-3-6-16(15)12-18)23-13-17-4-1-2-7-19(17)25-11-10-22-14-25/h1-2,4,7-12,14H,3,5-6,13H2,(H3,21,23,24). The molecule has 0 unspecified atom stereocenters. The number of aromatic nitrogens is 2. The van der Waals surface area contributed by atoms with Crippen molar-refractivity contribution in [2.45, 2.75) is 25.8 Å². The molecule has 0 amide bonds. The third-order valence-corrected chi connectivity index (χ3v) is 4.56. The summed E-state index contributed by atoms with van der Waals surface area (Å²) in [5, 5.41) is 3.20. The molecule has 0 spiro atoms. The number of anilines is 1. The van der Waals surface area contributed by atoms with E-state index in [1.807, 2.05) is 22.9 Å². The second-order valence-electron chi connectivity index (χ2n) is 6.26. The van der Waals surface area contributed by atoms with Crippen molar-refractivity contribution in [1.29, 1.82) is 0 Å². The topological polar surface area (TPSA) is 68.2 Å². The number of hydrogen-bond acceptors (Lipinski definition) is 2. The summed E-state index contributed by atoms with van der Waals surface area (Å²) in [7, 11) is 0. The molecule has 1 aliphatic rings. The van der Waals surface area contributed by atoms with Crippen molar-refractivity contribution in [3.05, 3.63) is 77.9 Å². The van der Waals surface area contributed by atoms with Crippen LogP contribution in [0.2, 0.25) is 0 Å². The zero-order valence-corrected chi connectivity index (χ0v) is 14.0. The molecule has 126 valence electrons. The van der Waals surface area contributed by atoms with E-state index in [0.29, 0.717) is 12.5 Å². The Kier molecular flexibility index (Phi) is 4.21. The van der Waals surface area contributed by atoms with Gasteiger partial charge in [-0.05, 0) is 54.2 Å². The van der Waals surface area contributed by atoms with Gasteiger partial charge in [0.2, 0.25) is 0 Å². The van der Waals surface area contributed by atoms with E-state index >= 15 is 0 Å². The predicted octanol–water partition coefficient (Wildman–Crippen LogP) is 3.29. The minimum absolute atomic E-state index is 0.429. The highest BCUT2D eigenvalue weighted by molar-refractivity contribution is 5.92. The Morgan fingerprint density at radius 1 is 1.16 bits per heavy atom. The highest BCUT2D eigenvalue weighted by atomic mass is 15.1. The zero-order valence-electron chi connectivity index (χ0n) is 14.0. The molecule has 1 aliphatic carbocycles. The zero-order chi connectivity index (χ0) is 17.1. The van der Waals surface area contributed by atoms with Gasteiger partial charge in [0, 0.05) is 18.1 Å². The molecule has 5 heteroatoms. The average Bonchev–Trinajstić information content (AvgIpc) is 3.31. The maximum absolute atomic E-state index is 6.09. The molecule has 0 atom stereocenters. The monoisotopic (exact) mass is 331 g/mol. The van der Waals surface area contributed by atoms with Gasteiger partial charge in [0.25, 0.3) is 0 Å². The summed E-state index contributed by atoms with van der Waals surface area (Å²) in [6, 6.07) is 14.6. The van der Waals surface area contributed by atoms with Crippen LogP contribution in [0, 0.1) is 0 Å². The number of hydrogen-bond donors (Lipinski definition) is 2. The molecule has 0 saturated carbocycles. The molecule has 0 aliphatic heterocycles. The summed E-state index contributed by atoms with van der Waals surface area (Å²) >= 11 is 0. The molecule has 3 N–H and O–H groups in total. The van der Waals surface area contributed by atoms with Crippen LogP contribution in [0.25, 0.3) is 5.69 Å². The molecule has 3 aromatic rings. The van der Waals surface area contributed by atoms with E-state index in [2.05, 4.69) is 45.6 Å². The number of nitrogens with one attached hydrogen (secondary N) is 1. The van der Waals surface area contributed by atoms with Crippen LogP contribution in [0.1, 0.15) is 23.1 Å². The van der Waals surface area contributed by atoms with E-state index in [-0.39, 0.29) is 0 Å². The molecule has 2 aromatic carbocycles. The number of benzene rings is 2. The first kappa shape index (κ1) is 15.4. The van der Waals surface area contributed by atoms with Gasteiger partial charge in [-0.25, -0.2) is 9.98 Å². The normalized spacial score (nSPS) is 13.7. The number of nitrogens with two attached hydrogens (primary N) is 1. The summed E-state index contributed by atoms with van der Waals surface area (Å²) in [6.07, 6.45) is 9.06. The van der Waals surface area contributed by atoms with Gasteiger partial charge >= 0.3 is 0 Å². The molecule has 5 nitrogen and oxygen atoms in total. The number of guanidine groups is 1. The number of rotatable bonds is 4. The number of aliphatic imine (C=N–C) groups is 1. The van der Waals surface area contributed by atoms with Crippen LogP contribution in [0.5, 0.6) is 0 Å². The molecule has 4 rings (SSSR count). The van der Waals surface area contributed by atoms with E-state index in [4.69, 9.17) is 5.73 Å². The third kappa shape index (κ3) is 3.40. The lowest BCUT2D eigenvalue weighted by molar-refractivity contribution is 0.912. The summed E-state index contributed by atoms with van der Waals surface area (Å²) in [5.74, 6) is 0.429. The first-order valence-electron chi connectivity index (χ1n) is 8.54. The fourth-order valence-corrected chi connectivity index (χ4v) is 3.31. The van der Waals surface area contributed by atoms with E-state index in [9.17, 15) is 0 Å². The number of nitrogens with zero attached hydrogens (tertiary/aromatic N) is 3. The lowest BCUT2D eigenvalue weighted by Crippen LogP contribution is -2.22. The summed E-state index contributed by atoms with van der Waals surface area (Å²) in [5.41, 5.74) is 12.1. The maximum atomic E-state index is 6.09. The average molecular weight is 331 g/mol. The minimum Gasteiger partial charge on any atom is -0.370 e. The molecular weight excluding hydrogens is 310 g/mol. The van der Waals surface area contributed by atoms with Crippen LogP contribution in [0.4, 0.5) is 5.69 Å². The summed E-state index contributed by atoms with van der Waals surface area (Å²) in [6.45, 7) is 0.512. The second-order valence-corrected chi connectivity index (χ2v) is 6.26. The predicted molar refractivity (Wildman–Crippen MR) is 101 cm³/mol. The van der Waals surface area contributed by atoms with E-state index in [1.165, 1.54) is 24.0 Å². The van der Waals surface area contributed by atoms with Crippen LogP contribution in [-0.4, -0.2) is 15.5 Å². The van der Waals surface area contributed by atoms with Gasteiger partial charge in [-0.15, -0.1) is 0 Å². The van der Waals surface area contributed by atoms with Crippen LogP contribution >= 0.6 is 0 Å². The summed E-state index contributed by atoms with van der Waals surface area (Å²) < 4.78 is 1.98. The Morgan fingerprint density at radius 2 is 2.04 bits per heavy atom. The first-order chi connectivity index (χ1) is 12.3. The van der Waals surface area contributed by atoms with Crippen molar-refractivity contribution >= 4 is 11.6 Å². The molecular formula is C20H21N5. The molecule has 25 heavy (non-hydrogen) atoms. The Morgan fingerprint density at radius 3 is 2.92 bits per heavy atom. The third-order valence-electron chi connectivity index (χ3n) is 4.56. The van der Waals surface area contributed by atoms with Gasteiger partial charge in [0.05, 0.1) is 18.6 Å². The van der Waals surface area contributed by atoms with Crippen molar-refractivity contribution in [3.8, 4) is 5.69 Å². The van der Waals surface area contributed by atoms with Crippen LogP contribution in [-0.2, 0) is 19.4 Å². The van der Waals surface area contributed by atoms with Crippen molar-refractivity contribution < 1.29 is 0 Å². The molecule has 0 radical (unpaired) electrons. The number of aryl methyl sites for hydroxylation is 2. The fourth-order valence-electron chi connectivity index (χ4n) is 3.31. The molecule has 1 heterocycles. The second kappa shape index (κ2) is 6.81. The van der Waals surface area contributed by atoms with Gasteiger partial charge < -0.3 is 15.6 Å². The van der Waals surface area contributed by atoms with Crippen LogP contribution in [0.15, 0.2) is 66.2 Å². The van der Waals surface area contributed by atoms with Crippen molar-refractivity contribution in [2.75, 3.05) is 5.32 Å². The fraction of sp³-hybridized carbons (Fsp3) is 0.200. The minimum atomic E-state index is 0.429. The highest BCUT2D eigenvalue weighted by Crippen LogP contribution is 2.24. The largest absolute Gasteiger partial charge is 0.370 e. The Bertz CT molecular complexity index is 896. The van der Waals surface area contributed by atoms with Gasteiger partial charge in [-0.2, -0.15) is 0 Å². The SMILES string of the molecule is NC(=NCc1ccccc1-n1ccnc1)Nc1ccc2c(c1)CCC2. The van der Waals surface area contributed by atoms with Gasteiger partial charge in [0.1, 0.15) is 0 Å². The van der Waals surface area contributed by atoms with Gasteiger partial charge in [-0.3, -0.25) is 0 Å². The highest BCUT2D eigenvalue weighted by Gasteiger charge is 2.11. The number of para-hydroxylation sites is 1. The van der Waals surface area contributed by atoms with Gasteiger partial charge in [-0.1, -0.05) is 24.3 Å². The van der Waals surface area contributed by atoms with Crippen LogP contribution in [0.3, 0.4) is 0 Å². The summed E-state index contributed by atoms with van der Waals surface area (Å²) in [4.78, 5) is 8.61. The van der Waals surface area contributed by atoms with Crippen molar-refractivity contribution in [3.63, 3.8) is 0 Å². The molecule has 0 fully saturated rings. The Hall–Kier alpha value is -3.08. The smallest absolute Gasteiger partial charge is 0.193 e. The Balaban J connectivity index is 1.49. The van der Waals surface area contributed by atoms with Crippen molar-refractivity contribution in [2.24, 2.45) is 10.7 Å². The lowest BCUT2D eigenvalue weighted by Gasteiger charge is -2.10. The maximum Gasteiger partial charge on any atom is 0.193 e. The first-order valence-corrected chi connectivity index (χ1v) is 8.54. The molecule has 0 bridgehead atoms. The van der Waals surface area contributed by atoms with Crippen LogP contribution < -0.4 is 11.1 Å². The van der Waals surface area contributed by atoms with Gasteiger partial charge in [0.15, 0.2) is 5.96 Å². The lowest BCUT2D eigenvalue weighted by atomic mass is 10.1. The number of imidazole rings is 1. The van der Waals surface area contributed by atoms with E-state index < -0.39 is 0 Å². The quantitative estimate of drug-likeness (QED) is 0.569. The van der Waals surface area contributed by atoms with Crippen molar-refractivity contribution in [1.82, 2.24) is 9.55 Å².